The van der Waals surface area contributed by atoms with E-state index in [1.165, 1.54) is 0 Å². The molecule has 2 aromatic rings. The Morgan fingerprint density at radius 2 is 1.94 bits per heavy atom. The third-order valence-electron chi connectivity index (χ3n) is 2.47. The number of aryl methyl sites for hydroxylation is 1. The van der Waals surface area contributed by atoms with Gasteiger partial charge in [-0.05, 0) is 24.6 Å². The summed E-state index contributed by atoms with van der Waals surface area (Å²) in [6.07, 6.45) is 0. The summed E-state index contributed by atoms with van der Waals surface area (Å²) in [4.78, 5) is 8.50. The van der Waals surface area contributed by atoms with Crippen molar-refractivity contribution in [2.75, 3.05) is 18.2 Å². The number of nitrogens with one attached hydrogen (secondary N) is 1. The molecule has 3 N–H and O–H groups in total. The maximum Gasteiger partial charge on any atom is 0.226 e. The van der Waals surface area contributed by atoms with Crippen LogP contribution in [0.2, 0.25) is 0 Å². The van der Waals surface area contributed by atoms with Crippen LogP contribution in [0.15, 0.2) is 30.3 Å². The van der Waals surface area contributed by atoms with Crippen LogP contribution in [0.1, 0.15) is 11.3 Å². The molecule has 0 aliphatic rings. The predicted molar refractivity (Wildman–Crippen MR) is 71.5 cm³/mol. The van der Waals surface area contributed by atoms with Gasteiger partial charge in [0.05, 0.1) is 7.11 Å². The molecule has 0 bridgehead atoms. The normalized spacial score (nSPS) is 10.1. The fourth-order valence-electron chi connectivity index (χ4n) is 1.54. The lowest BCUT2D eigenvalue weighted by Gasteiger charge is -2.07. The molecule has 1 aromatic carbocycles. The number of aromatic nitrogens is 2. The van der Waals surface area contributed by atoms with Crippen molar-refractivity contribution < 1.29 is 4.74 Å². The van der Waals surface area contributed by atoms with Gasteiger partial charge in [-0.3, -0.25) is 0 Å². The van der Waals surface area contributed by atoms with Crippen molar-refractivity contribution >= 4 is 11.6 Å². The molecule has 94 valence electrons. The van der Waals surface area contributed by atoms with E-state index < -0.39 is 0 Å². The first kappa shape index (κ1) is 12.2. The second kappa shape index (κ2) is 5.35. The fourth-order valence-corrected chi connectivity index (χ4v) is 1.54. The summed E-state index contributed by atoms with van der Waals surface area (Å²) in [6.45, 7) is 2.55. The second-order valence-corrected chi connectivity index (χ2v) is 3.97. The molecule has 0 fully saturated rings. The first-order valence-corrected chi connectivity index (χ1v) is 5.65. The summed E-state index contributed by atoms with van der Waals surface area (Å²) in [5, 5.41) is 3.15. The van der Waals surface area contributed by atoms with Crippen molar-refractivity contribution in [3.05, 3.63) is 41.6 Å². The van der Waals surface area contributed by atoms with Crippen LogP contribution in [-0.4, -0.2) is 17.1 Å². The molecular formula is C13H16N4O. The summed E-state index contributed by atoms with van der Waals surface area (Å²) in [7, 11) is 1.59. The van der Waals surface area contributed by atoms with Gasteiger partial charge in [0.1, 0.15) is 0 Å². The SMILES string of the molecule is COc1cc(C)nc(NCc2ccc(N)cc2)n1. The molecule has 0 saturated heterocycles. The molecule has 0 amide bonds. The van der Waals surface area contributed by atoms with Gasteiger partial charge in [-0.2, -0.15) is 4.98 Å². The smallest absolute Gasteiger partial charge is 0.226 e. The second-order valence-electron chi connectivity index (χ2n) is 3.97. The van der Waals surface area contributed by atoms with E-state index in [2.05, 4.69) is 15.3 Å². The van der Waals surface area contributed by atoms with Crippen LogP contribution in [0.3, 0.4) is 0 Å². The van der Waals surface area contributed by atoms with Crippen molar-refractivity contribution in [3.8, 4) is 5.88 Å². The van der Waals surface area contributed by atoms with Gasteiger partial charge in [0.2, 0.25) is 11.8 Å². The molecule has 0 spiro atoms. The molecule has 1 aromatic heterocycles. The highest BCUT2D eigenvalue weighted by atomic mass is 16.5. The number of anilines is 2. The zero-order valence-electron chi connectivity index (χ0n) is 10.5. The summed E-state index contributed by atoms with van der Waals surface area (Å²) in [5.74, 6) is 1.12. The molecule has 0 aliphatic heterocycles. The van der Waals surface area contributed by atoms with E-state index >= 15 is 0 Å². The van der Waals surface area contributed by atoms with Crippen molar-refractivity contribution in [1.29, 1.82) is 0 Å². The van der Waals surface area contributed by atoms with Crippen LogP contribution < -0.4 is 15.8 Å². The third-order valence-corrected chi connectivity index (χ3v) is 2.47. The van der Waals surface area contributed by atoms with Gasteiger partial charge in [-0.25, -0.2) is 4.98 Å². The quantitative estimate of drug-likeness (QED) is 0.805. The molecule has 2 rings (SSSR count). The summed E-state index contributed by atoms with van der Waals surface area (Å²) < 4.78 is 5.10. The standard InChI is InChI=1S/C13H16N4O/c1-9-7-12(18-2)17-13(16-9)15-8-10-3-5-11(14)6-4-10/h3-7H,8,14H2,1-2H3,(H,15,16,17). The fraction of sp³-hybridized carbons (Fsp3) is 0.231. The molecule has 5 heteroatoms. The number of hydrogen-bond donors (Lipinski definition) is 2. The van der Waals surface area contributed by atoms with Gasteiger partial charge < -0.3 is 15.8 Å². The molecule has 0 atom stereocenters. The number of nitrogens with two attached hydrogens (primary N) is 1. The van der Waals surface area contributed by atoms with Gasteiger partial charge in [-0.15, -0.1) is 0 Å². The molecule has 18 heavy (non-hydrogen) atoms. The Bertz CT molecular complexity index is 525. The van der Waals surface area contributed by atoms with Gasteiger partial charge in [0, 0.05) is 24.0 Å². The highest BCUT2D eigenvalue weighted by molar-refractivity contribution is 5.40. The zero-order chi connectivity index (χ0) is 13.0. The molecular weight excluding hydrogens is 228 g/mol. The molecule has 0 unspecified atom stereocenters. The monoisotopic (exact) mass is 244 g/mol. The summed E-state index contributed by atoms with van der Waals surface area (Å²) in [5.41, 5.74) is 8.37. The van der Waals surface area contributed by atoms with Gasteiger partial charge >= 0.3 is 0 Å². The van der Waals surface area contributed by atoms with E-state index in [0.29, 0.717) is 18.4 Å². The predicted octanol–water partition coefficient (Wildman–Crippen LogP) is 1.99. The van der Waals surface area contributed by atoms with Gasteiger partial charge in [0.15, 0.2) is 0 Å². The first-order chi connectivity index (χ1) is 8.67. The van der Waals surface area contributed by atoms with Gasteiger partial charge in [0.25, 0.3) is 0 Å². The van der Waals surface area contributed by atoms with Crippen LogP contribution in [-0.2, 0) is 6.54 Å². The zero-order valence-corrected chi connectivity index (χ0v) is 10.5. The number of nitrogen functional groups attached to an aromatic ring is 1. The first-order valence-electron chi connectivity index (χ1n) is 5.65. The van der Waals surface area contributed by atoms with Gasteiger partial charge in [-0.1, -0.05) is 12.1 Å². The van der Waals surface area contributed by atoms with E-state index in [4.69, 9.17) is 10.5 Å². The van der Waals surface area contributed by atoms with Crippen molar-refractivity contribution in [2.24, 2.45) is 0 Å². The third kappa shape index (κ3) is 3.10. The largest absolute Gasteiger partial charge is 0.481 e. The van der Waals surface area contributed by atoms with Crippen molar-refractivity contribution in [1.82, 2.24) is 9.97 Å². The van der Waals surface area contributed by atoms with Crippen LogP contribution in [0.25, 0.3) is 0 Å². The Kier molecular flexibility index (Phi) is 3.62. The summed E-state index contributed by atoms with van der Waals surface area (Å²) >= 11 is 0. The van der Waals surface area contributed by atoms with E-state index in [1.54, 1.807) is 13.2 Å². The lowest BCUT2D eigenvalue weighted by Crippen LogP contribution is -2.05. The number of methoxy groups -OCH3 is 1. The number of benzene rings is 1. The Morgan fingerprint density at radius 3 is 2.61 bits per heavy atom. The van der Waals surface area contributed by atoms with E-state index in [0.717, 1.165) is 16.9 Å². The molecule has 1 heterocycles. The number of rotatable bonds is 4. The van der Waals surface area contributed by atoms with E-state index in [1.807, 2.05) is 31.2 Å². The van der Waals surface area contributed by atoms with E-state index in [9.17, 15) is 0 Å². The minimum absolute atomic E-state index is 0.558. The van der Waals surface area contributed by atoms with Crippen LogP contribution in [0.4, 0.5) is 11.6 Å². The average molecular weight is 244 g/mol. The highest BCUT2D eigenvalue weighted by Gasteiger charge is 2.02. The van der Waals surface area contributed by atoms with Crippen molar-refractivity contribution in [2.45, 2.75) is 13.5 Å². The minimum Gasteiger partial charge on any atom is -0.481 e. The maximum atomic E-state index is 5.63. The maximum absolute atomic E-state index is 5.63. The number of hydrogen-bond acceptors (Lipinski definition) is 5. The number of nitrogens with zero attached hydrogens (tertiary/aromatic N) is 2. The number of ether oxygens (including phenoxy) is 1. The molecule has 0 radical (unpaired) electrons. The van der Waals surface area contributed by atoms with Crippen LogP contribution in [0, 0.1) is 6.92 Å². The van der Waals surface area contributed by atoms with E-state index in [-0.39, 0.29) is 0 Å². The highest BCUT2D eigenvalue weighted by Crippen LogP contribution is 2.12. The molecule has 0 saturated carbocycles. The summed E-state index contributed by atoms with van der Waals surface area (Å²) in [6, 6.07) is 9.46. The van der Waals surface area contributed by atoms with Crippen molar-refractivity contribution in [3.63, 3.8) is 0 Å². The van der Waals surface area contributed by atoms with Crippen LogP contribution in [0.5, 0.6) is 5.88 Å². The molecule has 0 aliphatic carbocycles. The topological polar surface area (TPSA) is 73.1 Å². The Balaban J connectivity index is 2.05. The Morgan fingerprint density at radius 1 is 1.22 bits per heavy atom. The van der Waals surface area contributed by atoms with Crippen LogP contribution >= 0.6 is 0 Å². The minimum atomic E-state index is 0.558. The molecule has 5 nitrogen and oxygen atoms in total. The Labute approximate surface area is 106 Å². The average Bonchev–Trinajstić information content (AvgIpc) is 2.37. The lowest BCUT2D eigenvalue weighted by molar-refractivity contribution is 0.397. The Hall–Kier alpha value is -2.30. The lowest BCUT2D eigenvalue weighted by atomic mass is 10.2.